The zero-order valence-electron chi connectivity index (χ0n) is 8.55. The molecule has 76 valence electrons. The van der Waals surface area contributed by atoms with Crippen molar-refractivity contribution in [3.05, 3.63) is 41.2 Å². The Kier molecular flexibility index (Phi) is 3.69. The van der Waals surface area contributed by atoms with Crippen LogP contribution in [-0.4, -0.2) is 5.11 Å². The fourth-order valence-corrected chi connectivity index (χ4v) is 1.37. The third-order valence-electron chi connectivity index (χ3n) is 2.32. The Hall–Kier alpha value is -1.31. The minimum atomic E-state index is -0.302. The van der Waals surface area contributed by atoms with Gasteiger partial charge >= 0.3 is 0 Å². The van der Waals surface area contributed by atoms with E-state index in [0.717, 1.165) is 6.42 Å². The van der Waals surface area contributed by atoms with Gasteiger partial charge in [-0.1, -0.05) is 18.6 Å². The second-order valence-electron chi connectivity index (χ2n) is 3.25. The van der Waals surface area contributed by atoms with E-state index < -0.39 is 0 Å². The quantitative estimate of drug-likeness (QED) is 0.731. The standard InChI is InChI=1S/C12H15FO/c1-3-9(4-2)7-10-8-11(13)5-6-12(10)14/h3,5-6,8,14H,4,7H2,1-2H3/b9-3-. The van der Waals surface area contributed by atoms with Gasteiger partial charge < -0.3 is 5.11 Å². The molecular weight excluding hydrogens is 179 g/mol. The summed E-state index contributed by atoms with van der Waals surface area (Å²) in [6.45, 7) is 4.00. The number of allylic oxidation sites excluding steroid dienone is 2. The van der Waals surface area contributed by atoms with Gasteiger partial charge in [-0.15, -0.1) is 0 Å². The molecule has 0 aliphatic heterocycles. The van der Waals surface area contributed by atoms with Crippen molar-refractivity contribution in [2.75, 3.05) is 0 Å². The molecule has 0 aliphatic carbocycles. The third kappa shape index (κ3) is 2.59. The molecule has 1 rings (SSSR count). The number of benzene rings is 1. The van der Waals surface area contributed by atoms with Crippen molar-refractivity contribution >= 4 is 0 Å². The normalized spacial score (nSPS) is 11.8. The van der Waals surface area contributed by atoms with Crippen LogP contribution >= 0.6 is 0 Å². The summed E-state index contributed by atoms with van der Waals surface area (Å²) in [7, 11) is 0. The van der Waals surface area contributed by atoms with Gasteiger partial charge in [0.15, 0.2) is 0 Å². The predicted molar refractivity (Wildman–Crippen MR) is 55.8 cm³/mol. The van der Waals surface area contributed by atoms with Crippen molar-refractivity contribution in [3.63, 3.8) is 0 Å². The summed E-state index contributed by atoms with van der Waals surface area (Å²) in [6, 6.07) is 4.04. The number of hydrogen-bond donors (Lipinski definition) is 1. The lowest BCUT2D eigenvalue weighted by molar-refractivity contribution is 0.466. The summed E-state index contributed by atoms with van der Waals surface area (Å²) in [4.78, 5) is 0. The molecule has 0 atom stereocenters. The summed E-state index contributed by atoms with van der Waals surface area (Å²) < 4.78 is 12.9. The second kappa shape index (κ2) is 4.80. The lowest BCUT2D eigenvalue weighted by atomic mass is 10.0. The van der Waals surface area contributed by atoms with E-state index in [2.05, 4.69) is 0 Å². The smallest absolute Gasteiger partial charge is 0.123 e. The van der Waals surface area contributed by atoms with Gasteiger partial charge in [-0.2, -0.15) is 0 Å². The maximum absolute atomic E-state index is 12.9. The van der Waals surface area contributed by atoms with Gasteiger partial charge in [0.05, 0.1) is 0 Å². The van der Waals surface area contributed by atoms with Gasteiger partial charge in [0, 0.05) is 5.56 Å². The van der Waals surface area contributed by atoms with Gasteiger partial charge in [0.2, 0.25) is 0 Å². The largest absolute Gasteiger partial charge is 0.508 e. The van der Waals surface area contributed by atoms with Crippen LogP contribution in [0.15, 0.2) is 29.8 Å². The van der Waals surface area contributed by atoms with Gasteiger partial charge in [-0.3, -0.25) is 0 Å². The fourth-order valence-electron chi connectivity index (χ4n) is 1.37. The van der Waals surface area contributed by atoms with Crippen LogP contribution in [0.2, 0.25) is 0 Å². The summed E-state index contributed by atoms with van der Waals surface area (Å²) in [6.07, 6.45) is 3.55. The SMILES string of the molecule is C/C=C(/CC)Cc1cc(F)ccc1O. The van der Waals surface area contributed by atoms with Crippen molar-refractivity contribution in [2.45, 2.75) is 26.7 Å². The Labute approximate surface area is 83.9 Å². The van der Waals surface area contributed by atoms with E-state index in [1.54, 1.807) is 0 Å². The molecule has 0 unspecified atom stereocenters. The van der Waals surface area contributed by atoms with Crippen molar-refractivity contribution in [1.82, 2.24) is 0 Å². The Balaban J connectivity index is 2.90. The highest BCUT2D eigenvalue weighted by Gasteiger charge is 2.04. The molecule has 1 aromatic rings. The molecule has 2 heteroatoms. The van der Waals surface area contributed by atoms with E-state index in [9.17, 15) is 9.50 Å². The van der Waals surface area contributed by atoms with E-state index in [0.29, 0.717) is 12.0 Å². The zero-order chi connectivity index (χ0) is 10.6. The molecule has 0 fully saturated rings. The predicted octanol–water partition coefficient (Wildman–Crippen LogP) is 3.43. The van der Waals surface area contributed by atoms with Crippen LogP contribution in [-0.2, 0) is 6.42 Å². The molecule has 0 amide bonds. The Morgan fingerprint density at radius 1 is 1.50 bits per heavy atom. The number of rotatable bonds is 3. The van der Waals surface area contributed by atoms with Gasteiger partial charge in [-0.05, 0) is 38.0 Å². The molecular formula is C12H15FO. The first-order valence-electron chi connectivity index (χ1n) is 4.78. The number of hydrogen-bond acceptors (Lipinski definition) is 1. The average molecular weight is 194 g/mol. The number of aromatic hydroxyl groups is 1. The van der Waals surface area contributed by atoms with Gasteiger partial charge in [0.1, 0.15) is 11.6 Å². The van der Waals surface area contributed by atoms with E-state index in [-0.39, 0.29) is 11.6 Å². The van der Waals surface area contributed by atoms with Crippen LogP contribution in [0.1, 0.15) is 25.8 Å². The molecule has 0 bridgehead atoms. The van der Waals surface area contributed by atoms with Gasteiger partial charge in [0.25, 0.3) is 0 Å². The van der Waals surface area contributed by atoms with Crippen LogP contribution in [0.5, 0.6) is 5.75 Å². The Morgan fingerprint density at radius 3 is 2.79 bits per heavy atom. The van der Waals surface area contributed by atoms with Crippen LogP contribution in [0.3, 0.4) is 0 Å². The first-order chi connectivity index (χ1) is 6.67. The third-order valence-corrected chi connectivity index (χ3v) is 2.32. The minimum Gasteiger partial charge on any atom is -0.508 e. The zero-order valence-corrected chi connectivity index (χ0v) is 8.55. The first-order valence-corrected chi connectivity index (χ1v) is 4.78. The molecule has 0 radical (unpaired) electrons. The fraction of sp³-hybridized carbons (Fsp3) is 0.333. The summed E-state index contributed by atoms with van der Waals surface area (Å²) in [5.41, 5.74) is 1.85. The molecule has 0 spiro atoms. The van der Waals surface area contributed by atoms with Crippen LogP contribution in [0.4, 0.5) is 4.39 Å². The lowest BCUT2D eigenvalue weighted by Crippen LogP contribution is -1.91. The number of halogens is 1. The van der Waals surface area contributed by atoms with E-state index in [4.69, 9.17) is 0 Å². The van der Waals surface area contributed by atoms with Crippen molar-refractivity contribution in [2.24, 2.45) is 0 Å². The lowest BCUT2D eigenvalue weighted by Gasteiger charge is -2.06. The Bertz CT molecular complexity index is 342. The maximum Gasteiger partial charge on any atom is 0.123 e. The van der Waals surface area contributed by atoms with Gasteiger partial charge in [-0.25, -0.2) is 4.39 Å². The number of phenols is 1. The van der Waals surface area contributed by atoms with Crippen molar-refractivity contribution in [3.8, 4) is 5.75 Å². The van der Waals surface area contributed by atoms with Crippen molar-refractivity contribution < 1.29 is 9.50 Å². The molecule has 0 saturated carbocycles. The first kappa shape index (κ1) is 10.8. The monoisotopic (exact) mass is 194 g/mol. The highest BCUT2D eigenvalue weighted by Crippen LogP contribution is 2.21. The highest BCUT2D eigenvalue weighted by molar-refractivity contribution is 5.35. The average Bonchev–Trinajstić information content (AvgIpc) is 2.19. The summed E-state index contributed by atoms with van der Waals surface area (Å²) in [5.74, 6) is -0.136. The molecule has 0 aliphatic rings. The highest BCUT2D eigenvalue weighted by atomic mass is 19.1. The molecule has 1 aromatic carbocycles. The van der Waals surface area contributed by atoms with E-state index >= 15 is 0 Å². The molecule has 1 nitrogen and oxygen atoms in total. The summed E-state index contributed by atoms with van der Waals surface area (Å²) in [5, 5.41) is 9.48. The van der Waals surface area contributed by atoms with Crippen LogP contribution in [0, 0.1) is 5.82 Å². The van der Waals surface area contributed by atoms with E-state index in [1.165, 1.54) is 23.8 Å². The minimum absolute atomic E-state index is 0.166. The summed E-state index contributed by atoms with van der Waals surface area (Å²) >= 11 is 0. The topological polar surface area (TPSA) is 20.2 Å². The van der Waals surface area contributed by atoms with Crippen LogP contribution in [0.25, 0.3) is 0 Å². The number of phenolic OH excluding ortho intramolecular Hbond substituents is 1. The molecule has 0 heterocycles. The molecule has 1 N–H and O–H groups in total. The molecule has 14 heavy (non-hydrogen) atoms. The van der Waals surface area contributed by atoms with E-state index in [1.807, 2.05) is 19.9 Å². The Morgan fingerprint density at radius 2 is 2.21 bits per heavy atom. The van der Waals surface area contributed by atoms with Crippen molar-refractivity contribution in [1.29, 1.82) is 0 Å². The maximum atomic E-state index is 12.9. The molecule has 0 aromatic heterocycles. The second-order valence-corrected chi connectivity index (χ2v) is 3.25. The van der Waals surface area contributed by atoms with Crippen LogP contribution < -0.4 is 0 Å². The molecule has 0 saturated heterocycles.